The van der Waals surface area contributed by atoms with Crippen LogP contribution in [0.15, 0.2) is 40.9 Å². The van der Waals surface area contributed by atoms with Crippen LogP contribution in [0.1, 0.15) is 36.0 Å². The number of fused-ring (bicyclic) bond motifs is 1. The average Bonchev–Trinajstić information content (AvgIpc) is 3.13. The van der Waals surface area contributed by atoms with E-state index in [-0.39, 0.29) is 5.91 Å². The molecule has 0 aromatic heterocycles. The zero-order chi connectivity index (χ0) is 16.7. The van der Waals surface area contributed by atoms with E-state index in [2.05, 4.69) is 21.2 Å². The van der Waals surface area contributed by atoms with Crippen LogP contribution in [-0.4, -0.2) is 11.7 Å². The zero-order valence-corrected chi connectivity index (χ0v) is 14.4. The van der Waals surface area contributed by atoms with Gasteiger partial charge in [-0.2, -0.15) is 0 Å². The van der Waals surface area contributed by atoms with Gasteiger partial charge in [0, 0.05) is 29.1 Å². The Bertz CT molecular complexity index is 818. The molecule has 6 heteroatoms. The van der Waals surface area contributed by atoms with Crippen LogP contribution in [0.25, 0.3) is 0 Å². The molecule has 1 N–H and O–H groups in total. The number of ether oxygens (including phenoxy) is 2. The second-order valence-corrected chi connectivity index (χ2v) is 6.92. The fourth-order valence-electron chi connectivity index (χ4n) is 3.16. The fraction of sp³-hybridized carbons (Fsp3) is 0.278. The molecule has 0 radical (unpaired) electrons. The maximum Gasteiger partial charge on any atom is 0.256 e. The SMILES string of the molecule is O=C(Nc1ccc2c(c1)OC1(CCCC1)O2)c1ccc(F)cc1Br. The maximum absolute atomic E-state index is 13.1. The molecule has 1 heterocycles. The third-order valence-corrected chi connectivity index (χ3v) is 4.99. The van der Waals surface area contributed by atoms with Crippen molar-refractivity contribution in [3.05, 3.63) is 52.3 Å². The number of halogens is 2. The van der Waals surface area contributed by atoms with E-state index in [0.717, 1.165) is 25.7 Å². The normalized spacial score (nSPS) is 17.2. The number of hydrogen-bond donors (Lipinski definition) is 1. The van der Waals surface area contributed by atoms with Crippen molar-refractivity contribution >= 4 is 27.5 Å². The minimum atomic E-state index is -0.523. The molecular formula is C18H15BrFNO3. The molecule has 2 aliphatic rings. The van der Waals surface area contributed by atoms with E-state index in [4.69, 9.17) is 9.47 Å². The number of carbonyl (C=O) groups is 1. The highest BCUT2D eigenvalue weighted by Gasteiger charge is 2.44. The van der Waals surface area contributed by atoms with Crippen molar-refractivity contribution in [2.24, 2.45) is 0 Å². The van der Waals surface area contributed by atoms with Gasteiger partial charge in [0.1, 0.15) is 5.82 Å². The van der Waals surface area contributed by atoms with E-state index in [1.165, 1.54) is 18.2 Å². The summed E-state index contributed by atoms with van der Waals surface area (Å²) < 4.78 is 25.5. The number of nitrogens with one attached hydrogen (secondary N) is 1. The summed E-state index contributed by atoms with van der Waals surface area (Å²) in [5.74, 6) is 0.107. The molecule has 0 atom stereocenters. The standard InChI is InChI=1S/C18H15BrFNO3/c19-14-9-11(20)3-5-13(14)17(22)21-12-4-6-15-16(10-12)24-18(23-15)7-1-2-8-18/h3-6,9-10H,1-2,7-8H2,(H,21,22). The summed E-state index contributed by atoms with van der Waals surface area (Å²) in [7, 11) is 0. The monoisotopic (exact) mass is 391 g/mol. The van der Waals surface area contributed by atoms with E-state index in [1.54, 1.807) is 18.2 Å². The predicted molar refractivity (Wildman–Crippen MR) is 91.0 cm³/mol. The van der Waals surface area contributed by atoms with Crippen molar-refractivity contribution in [3.63, 3.8) is 0 Å². The second-order valence-electron chi connectivity index (χ2n) is 6.06. The molecule has 1 saturated carbocycles. The molecule has 1 aliphatic carbocycles. The molecule has 0 saturated heterocycles. The number of benzene rings is 2. The number of hydrogen-bond acceptors (Lipinski definition) is 3. The Morgan fingerprint density at radius 2 is 1.83 bits per heavy atom. The summed E-state index contributed by atoms with van der Waals surface area (Å²) in [6, 6.07) is 9.29. The Labute approximate surface area is 147 Å². The van der Waals surface area contributed by atoms with Gasteiger partial charge in [-0.15, -0.1) is 0 Å². The van der Waals surface area contributed by atoms with Crippen molar-refractivity contribution < 1.29 is 18.7 Å². The van der Waals surface area contributed by atoms with Crippen LogP contribution in [0, 0.1) is 5.82 Å². The Morgan fingerprint density at radius 3 is 2.58 bits per heavy atom. The molecule has 4 rings (SSSR count). The molecule has 2 aromatic carbocycles. The smallest absolute Gasteiger partial charge is 0.256 e. The van der Waals surface area contributed by atoms with E-state index in [0.29, 0.717) is 27.2 Å². The minimum absolute atomic E-state index is 0.323. The summed E-state index contributed by atoms with van der Waals surface area (Å²) >= 11 is 3.21. The number of anilines is 1. The van der Waals surface area contributed by atoms with Crippen molar-refractivity contribution in [1.29, 1.82) is 0 Å². The summed E-state index contributed by atoms with van der Waals surface area (Å²) in [6.45, 7) is 0. The van der Waals surface area contributed by atoms with E-state index >= 15 is 0 Å². The van der Waals surface area contributed by atoms with Crippen LogP contribution in [0.2, 0.25) is 0 Å². The molecule has 4 nitrogen and oxygen atoms in total. The Kier molecular flexibility index (Phi) is 3.72. The van der Waals surface area contributed by atoms with Gasteiger partial charge in [-0.1, -0.05) is 0 Å². The first-order chi connectivity index (χ1) is 11.5. The number of amides is 1. The highest BCUT2D eigenvalue weighted by molar-refractivity contribution is 9.10. The lowest BCUT2D eigenvalue weighted by Crippen LogP contribution is -2.34. The van der Waals surface area contributed by atoms with Crippen LogP contribution in [0.4, 0.5) is 10.1 Å². The molecule has 1 fully saturated rings. The van der Waals surface area contributed by atoms with Gasteiger partial charge in [-0.25, -0.2) is 4.39 Å². The van der Waals surface area contributed by atoms with Gasteiger partial charge < -0.3 is 14.8 Å². The Balaban J connectivity index is 1.53. The van der Waals surface area contributed by atoms with Gasteiger partial charge in [0.15, 0.2) is 11.5 Å². The first-order valence-electron chi connectivity index (χ1n) is 7.83. The van der Waals surface area contributed by atoms with Crippen LogP contribution < -0.4 is 14.8 Å². The van der Waals surface area contributed by atoms with Gasteiger partial charge in [0.25, 0.3) is 11.7 Å². The van der Waals surface area contributed by atoms with Gasteiger partial charge >= 0.3 is 0 Å². The van der Waals surface area contributed by atoms with E-state index in [1.807, 2.05) is 0 Å². The van der Waals surface area contributed by atoms with Gasteiger partial charge in [0.05, 0.1) is 5.56 Å². The molecule has 1 aliphatic heterocycles. The quantitative estimate of drug-likeness (QED) is 0.793. The van der Waals surface area contributed by atoms with Gasteiger partial charge in [-0.05, 0) is 59.1 Å². The van der Waals surface area contributed by atoms with Gasteiger partial charge in [0.2, 0.25) is 0 Å². The molecule has 2 aromatic rings. The van der Waals surface area contributed by atoms with Crippen molar-refractivity contribution in [2.75, 3.05) is 5.32 Å². The summed E-state index contributed by atoms with van der Waals surface area (Å²) in [6.07, 6.45) is 3.95. The fourth-order valence-corrected chi connectivity index (χ4v) is 3.69. The molecule has 0 bridgehead atoms. The van der Waals surface area contributed by atoms with Crippen molar-refractivity contribution in [1.82, 2.24) is 0 Å². The summed E-state index contributed by atoms with van der Waals surface area (Å²) in [4.78, 5) is 12.4. The molecule has 1 spiro atoms. The summed E-state index contributed by atoms with van der Waals surface area (Å²) in [5, 5.41) is 2.80. The first-order valence-corrected chi connectivity index (χ1v) is 8.62. The first kappa shape index (κ1) is 15.4. The third kappa shape index (κ3) is 2.75. The lowest BCUT2D eigenvalue weighted by Gasteiger charge is -2.21. The van der Waals surface area contributed by atoms with Crippen LogP contribution in [-0.2, 0) is 0 Å². The highest BCUT2D eigenvalue weighted by Crippen LogP contribution is 2.47. The largest absolute Gasteiger partial charge is 0.448 e. The second kappa shape index (κ2) is 5.77. The van der Waals surface area contributed by atoms with Crippen molar-refractivity contribution in [2.45, 2.75) is 31.5 Å². The van der Waals surface area contributed by atoms with Crippen molar-refractivity contribution in [3.8, 4) is 11.5 Å². The molecule has 24 heavy (non-hydrogen) atoms. The van der Waals surface area contributed by atoms with Gasteiger partial charge in [-0.3, -0.25) is 4.79 Å². The lowest BCUT2D eigenvalue weighted by molar-refractivity contribution is -0.0716. The van der Waals surface area contributed by atoms with E-state index < -0.39 is 11.6 Å². The molecule has 124 valence electrons. The minimum Gasteiger partial charge on any atom is -0.448 e. The number of carbonyl (C=O) groups excluding carboxylic acids is 1. The van der Waals surface area contributed by atoms with Crippen LogP contribution in [0.5, 0.6) is 11.5 Å². The molecule has 0 unspecified atom stereocenters. The zero-order valence-electron chi connectivity index (χ0n) is 12.8. The maximum atomic E-state index is 13.1. The lowest BCUT2D eigenvalue weighted by atomic mass is 10.2. The summed E-state index contributed by atoms with van der Waals surface area (Å²) in [5.41, 5.74) is 0.968. The predicted octanol–water partition coefficient (Wildman–Crippen LogP) is 4.88. The Morgan fingerprint density at radius 1 is 1.08 bits per heavy atom. The average molecular weight is 392 g/mol. The Hall–Kier alpha value is -2.08. The number of rotatable bonds is 2. The third-order valence-electron chi connectivity index (χ3n) is 4.33. The molecular weight excluding hydrogens is 377 g/mol. The molecule has 1 amide bonds. The van der Waals surface area contributed by atoms with Crippen LogP contribution >= 0.6 is 15.9 Å². The topological polar surface area (TPSA) is 47.6 Å². The van der Waals surface area contributed by atoms with Crippen LogP contribution in [0.3, 0.4) is 0 Å². The highest BCUT2D eigenvalue weighted by atomic mass is 79.9. The van der Waals surface area contributed by atoms with E-state index in [9.17, 15) is 9.18 Å².